The molecule has 0 saturated carbocycles. The maximum Gasteiger partial charge on any atom is 0.152 e. The minimum absolute atomic E-state index is 0.281. The van der Waals surface area contributed by atoms with E-state index in [2.05, 4.69) is 27.6 Å². The zero-order chi connectivity index (χ0) is 13.4. The first kappa shape index (κ1) is 12.4. The summed E-state index contributed by atoms with van der Waals surface area (Å²) in [5.74, 6) is 0.876. The molecule has 0 spiro atoms. The number of aryl methyl sites for hydroxylation is 3. The molecule has 5 nitrogen and oxygen atoms in total. The standard InChI is InChI=1S/C14H20N4O/c1-10-8-11-12(4-3-5-13(11)19)18(10)7-6-14-15-9-17(2)16-14/h8-9,13,19H,3-7H2,1-2H3. The fourth-order valence-corrected chi connectivity index (χ4v) is 2.96. The van der Waals surface area contributed by atoms with Crippen molar-refractivity contribution < 1.29 is 5.11 Å². The molecule has 2 heterocycles. The van der Waals surface area contributed by atoms with E-state index in [1.54, 1.807) is 11.0 Å². The first-order valence-corrected chi connectivity index (χ1v) is 6.86. The highest BCUT2D eigenvalue weighted by Gasteiger charge is 2.22. The number of hydrogen-bond donors (Lipinski definition) is 1. The molecule has 0 bridgehead atoms. The summed E-state index contributed by atoms with van der Waals surface area (Å²) in [6, 6.07) is 2.13. The lowest BCUT2D eigenvalue weighted by Crippen LogP contribution is -2.14. The van der Waals surface area contributed by atoms with Crippen molar-refractivity contribution in [3.05, 3.63) is 35.2 Å². The van der Waals surface area contributed by atoms with E-state index in [4.69, 9.17) is 0 Å². The molecule has 19 heavy (non-hydrogen) atoms. The van der Waals surface area contributed by atoms with E-state index in [0.29, 0.717) is 0 Å². The maximum absolute atomic E-state index is 10.0. The minimum Gasteiger partial charge on any atom is -0.388 e. The number of nitrogens with zero attached hydrogens (tertiary/aromatic N) is 4. The lowest BCUT2D eigenvalue weighted by atomic mass is 9.95. The Morgan fingerprint density at radius 2 is 2.32 bits per heavy atom. The average molecular weight is 260 g/mol. The topological polar surface area (TPSA) is 55.9 Å². The van der Waals surface area contributed by atoms with Crippen LogP contribution in [0.3, 0.4) is 0 Å². The van der Waals surface area contributed by atoms with Crippen molar-refractivity contribution in [3.8, 4) is 0 Å². The van der Waals surface area contributed by atoms with Crippen LogP contribution >= 0.6 is 0 Å². The Balaban J connectivity index is 1.81. The van der Waals surface area contributed by atoms with Gasteiger partial charge in [0, 0.05) is 37.0 Å². The van der Waals surface area contributed by atoms with Crippen LogP contribution in [-0.2, 0) is 26.4 Å². The lowest BCUT2D eigenvalue weighted by Gasteiger charge is -2.20. The van der Waals surface area contributed by atoms with E-state index < -0.39 is 0 Å². The molecule has 1 atom stereocenters. The van der Waals surface area contributed by atoms with Crippen molar-refractivity contribution in [2.45, 2.75) is 45.3 Å². The molecule has 3 rings (SSSR count). The van der Waals surface area contributed by atoms with E-state index in [1.807, 2.05) is 7.05 Å². The summed E-state index contributed by atoms with van der Waals surface area (Å²) < 4.78 is 4.05. The number of rotatable bonds is 3. The number of hydrogen-bond acceptors (Lipinski definition) is 3. The van der Waals surface area contributed by atoms with Crippen LogP contribution in [-0.4, -0.2) is 24.4 Å². The first-order valence-electron chi connectivity index (χ1n) is 6.86. The molecule has 0 saturated heterocycles. The van der Waals surface area contributed by atoms with Crippen LogP contribution in [0.5, 0.6) is 0 Å². The second-order valence-electron chi connectivity index (χ2n) is 5.33. The number of fused-ring (bicyclic) bond motifs is 1. The monoisotopic (exact) mass is 260 g/mol. The van der Waals surface area contributed by atoms with Gasteiger partial charge in [0.2, 0.25) is 0 Å². The molecular weight excluding hydrogens is 240 g/mol. The Morgan fingerprint density at radius 3 is 3.05 bits per heavy atom. The molecule has 1 unspecified atom stereocenters. The summed E-state index contributed by atoms with van der Waals surface area (Å²) in [5, 5.41) is 14.4. The van der Waals surface area contributed by atoms with Crippen LogP contribution in [0, 0.1) is 6.92 Å². The van der Waals surface area contributed by atoms with E-state index >= 15 is 0 Å². The summed E-state index contributed by atoms with van der Waals surface area (Å²) >= 11 is 0. The van der Waals surface area contributed by atoms with E-state index in [1.165, 1.54) is 11.4 Å². The van der Waals surface area contributed by atoms with Gasteiger partial charge in [-0.3, -0.25) is 4.68 Å². The molecule has 5 heteroatoms. The van der Waals surface area contributed by atoms with Gasteiger partial charge in [-0.2, -0.15) is 5.10 Å². The zero-order valence-electron chi connectivity index (χ0n) is 11.5. The molecule has 102 valence electrons. The maximum atomic E-state index is 10.0. The third-order valence-electron chi connectivity index (χ3n) is 3.91. The van der Waals surface area contributed by atoms with Gasteiger partial charge in [-0.1, -0.05) is 0 Å². The van der Waals surface area contributed by atoms with Gasteiger partial charge in [0.05, 0.1) is 6.10 Å². The van der Waals surface area contributed by atoms with E-state index in [0.717, 1.165) is 43.6 Å². The third-order valence-corrected chi connectivity index (χ3v) is 3.91. The first-order chi connectivity index (χ1) is 9.15. The summed E-state index contributed by atoms with van der Waals surface area (Å²) in [6.07, 6.45) is 5.31. The Hall–Kier alpha value is -1.62. The van der Waals surface area contributed by atoms with Gasteiger partial charge in [0.25, 0.3) is 0 Å². The molecule has 2 aromatic heterocycles. The second kappa shape index (κ2) is 4.81. The molecule has 0 fully saturated rings. The smallest absolute Gasteiger partial charge is 0.152 e. The van der Waals surface area contributed by atoms with Crippen molar-refractivity contribution in [1.82, 2.24) is 19.3 Å². The van der Waals surface area contributed by atoms with Gasteiger partial charge >= 0.3 is 0 Å². The molecule has 0 radical (unpaired) electrons. The highest BCUT2D eigenvalue weighted by Crippen LogP contribution is 2.32. The number of aliphatic hydroxyl groups is 1. The second-order valence-corrected chi connectivity index (χ2v) is 5.33. The van der Waals surface area contributed by atoms with Crippen LogP contribution in [0.4, 0.5) is 0 Å². The third kappa shape index (κ3) is 2.30. The quantitative estimate of drug-likeness (QED) is 0.910. The Kier molecular flexibility index (Phi) is 3.14. The van der Waals surface area contributed by atoms with Crippen molar-refractivity contribution in [1.29, 1.82) is 0 Å². The van der Waals surface area contributed by atoms with Crippen molar-refractivity contribution in [3.63, 3.8) is 0 Å². The Morgan fingerprint density at radius 1 is 1.47 bits per heavy atom. The zero-order valence-corrected chi connectivity index (χ0v) is 11.5. The van der Waals surface area contributed by atoms with E-state index in [9.17, 15) is 5.11 Å². The van der Waals surface area contributed by atoms with Crippen LogP contribution in [0.25, 0.3) is 0 Å². The minimum atomic E-state index is -0.281. The molecule has 1 aliphatic rings. The van der Waals surface area contributed by atoms with Gasteiger partial charge in [0.1, 0.15) is 6.33 Å². The number of aliphatic hydroxyl groups excluding tert-OH is 1. The normalized spacial score (nSPS) is 18.6. The van der Waals surface area contributed by atoms with Crippen LogP contribution < -0.4 is 0 Å². The largest absolute Gasteiger partial charge is 0.388 e. The molecule has 1 N–H and O–H groups in total. The van der Waals surface area contributed by atoms with Gasteiger partial charge in [-0.05, 0) is 32.3 Å². The lowest BCUT2D eigenvalue weighted by molar-refractivity contribution is 0.155. The van der Waals surface area contributed by atoms with Gasteiger partial charge in [-0.25, -0.2) is 4.98 Å². The van der Waals surface area contributed by atoms with Crippen molar-refractivity contribution >= 4 is 0 Å². The van der Waals surface area contributed by atoms with Gasteiger partial charge in [0.15, 0.2) is 5.82 Å². The van der Waals surface area contributed by atoms with E-state index in [-0.39, 0.29) is 6.10 Å². The summed E-state index contributed by atoms with van der Waals surface area (Å²) in [6.45, 7) is 2.99. The average Bonchev–Trinajstić information content (AvgIpc) is 2.92. The summed E-state index contributed by atoms with van der Waals surface area (Å²) in [4.78, 5) is 4.26. The van der Waals surface area contributed by atoms with Crippen molar-refractivity contribution in [2.75, 3.05) is 0 Å². The van der Waals surface area contributed by atoms with Crippen LogP contribution in [0.15, 0.2) is 12.4 Å². The highest BCUT2D eigenvalue weighted by molar-refractivity contribution is 5.31. The van der Waals surface area contributed by atoms with Crippen molar-refractivity contribution in [2.24, 2.45) is 7.05 Å². The predicted octanol–water partition coefficient (Wildman–Crippen LogP) is 1.54. The molecule has 0 aliphatic heterocycles. The van der Waals surface area contributed by atoms with Gasteiger partial charge in [-0.15, -0.1) is 0 Å². The highest BCUT2D eigenvalue weighted by atomic mass is 16.3. The number of aromatic nitrogens is 4. The van der Waals surface area contributed by atoms with Gasteiger partial charge < -0.3 is 9.67 Å². The fourth-order valence-electron chi connectivity index (χ4n) is 2.96. The van der Waals surface area contributed by atoms with Crippen LogP contribution in [0.2, 0.25) is 0 Å². The molecule has 0 aromatic carbocycles. The molecule has 2 aromatic rings. The predicted molar refractivity (Wildman–Crippen MR) is 71.8 cm³/mol. The summed E-state index contributed by atoms with van der Waals surface area (Å²) in [5.41, 5.74) is 3.65. The Bertz CT molecular complexity index is 584. The fraction of sp³-hybridized carbons (Fsp3) is 0.571. The molecule has 1 aliphatic carbocycles. The SMILES string of the molecule is Cc1cc2c(n1CCc1ncn(C)n1)CCCC2O. The Labute approximate surface area is 112 Å². The van der Waals surface area contributed by atoms with Crippen LogP contribution in [0.1, 0.15) is 41.7 Å². The molecule has 0 amide bonds. The summed E-state index contributed by atoms with van der Waals surface area (Å²) in [7, 11) is 1.88. The molecular formula is C14H20N4O.